The minimum absolute atomic E-state index is 0.0414. The molecule has 0 spiro atoms. The Kier molecular flexibility index (Phi) is 5.27. The molecule has 2 aromatic rings. The second-order valence-electron chi connectivity index (χ2n) is 6.06. The Bertz CT molecular complexity index is 918. The molecular formula is C18H16ClN3O5. The first-order chi connectivity index (χ1) is 12.8. The molecule has 0 saturated heterocycles. The number of hydrogen-bond donors (Lipinski definition) is 0. The number of carbonyl (C=O) groups excluding carboxylic acids is 2. The van der Waals surface area contributed by atoms with E-state index in [1.807, 2.05) is 0 Å². The van der Waals surface area contributed by atoms with Gasteiger partial charge in [-0.1, -0.05) is 23.7 Å². The quantitative estimate of drug-likeness (QED) is 0.579. The van der Waals surface area contributed by atoms with Crippen LogP contribution in [0.4, 0.5) is 11.4 Å². The summed E-state index contributed by atoms with van der Waals surface area (Å²) < 4.78 is 5.36. The molecule has 2 aromatic carbocycles. The Morgan fingerprint density at radius 3 is 2.85 bits per heavy atom. The third-order valence-electron chi connectivity index (χ3n) is 4.12. The zero-order valence-corrected chi connectivity index (χ0v) is 15.2. The van der Waals surface area contributed by atoms with Crippen molar-refractivity contribution in [1.82, 2.24) is 4.90 Å². The summed E-state index contributed by atoms with van der Waals surface area (Å²) in [7, 11) is 1.57. The number of non-ortho nitro benzene ring substituents is 1. The third kappa shape index (κ3) is 4.17. The van der Waals surface area contributed by atoms with Gasteiger partial charge in [0.25, 0.3) is 11.6 Å². The molecule has 0 radical (unpaired) electrons. The maximum absolute atomic E-state index is 12.6. The minimum Gasteiger partial charge on any atom is -0.482 e. The van der Waals surface area contributed by atoms with Crippen molar-refractivity contribution in [1.29, 1.82) is 0 Å². The van der Waals surface area contributed by atoms with Crippen LogP contribution in [0.3, 0.4) is 0 Å². The smallest absolute Gasteiger partial charge is 0.269 e. The number of rotatable bonds is 5. The van der Waals surface area contributed by atoms with Gasteiger partial charge in [0, 0.05) is 30.7 Å². The lowest BCUT2D eigenvalue weighted by Crippen LogP contribution is -2.45. The first-order valence-electron chi connectivity index (χ1n) is 8.05. The average molecular weight is 390 g/mol. The first kappa shape index (κ1) is 18.7. The second kappa shape index (κ2) is 7.63. The maximum Gasteiger partial charge on any atom is 0.269 e. The maximum atomic E-state index is 12.6. The van der Waals surface area contributed by atoms with E-state index in [4.69, 9.17) is 16.3 Å². The van der Waals surface area contributed by atoms with Crippen LogP contribution in [0, 0.1) is 10.1 Å². The molecule has 0 aliphatic carbocycles. The van der Waals surface area contributed by atoms with Crippen molar-refractivity contribution in [2.24, 2.45) is 0 Å². The number of anilines is 1. The zero-order chi connectivity index (χ0) is 19.6. The number of nitrogens with zero attached hydrogens (tertiary/aromatic N) is 3. The van der Waals surface area contributed by atoms with Crippen molar-refractivity contribution in [3.05, 3.63) is 63.2 Å². The van der Waals surface area contributed by atoms with Crippen LogP contribution in [-0.4, -0.2) is 41.8 Å². The van der Waals surface area contributed by atoms with Gasteiger partial charge in [-0.2, -0.15) is 0 Å². The van der Waals surface area contributed by atoms with Gasteiger partial charge >= 0.3 is 0 Å². The normalized spacial score (nSPS) is 13.0. The highest BCUT2D eigenvalue weighted by Crippen LogP contribution is 2.34. The van der Waals surface area contributed by atoms with Gasteiger partial charge in [0.05, 0.1) is 10.6 Å². The van der Waals surface area contributed by atoms with E-state index in [9.17, 15) is 19.7 Å². The summed E-state index contributed by atoms with van der Waals surface area (Å²) in [6.07, 6.45) is 0. The van der Waals surface area contributed by atoms with E-state index in [-0.39, 0.29) is 37.2 Å². The molecule has 0 unspecified atom stereocenters. The largest absolute Gasteiger partial charge is 0.482 e. The van der Waals surface area contributed by atoms with E-state index >= 15 is 0 Å². The molecule has 1 aliphatic heterocycles. The van der Waals surface area contributed by atoms with Gasteiger partial charge in [0.15, 0.2) is 6.61 Å². The Labute approximate surface area is 160 Å². The fraction of sp³-hybridized carbons (Fsp3) is 0.222. The van der Waals surface area contributed by atoms with Gasteiger partial charge in [0.2, 0.25) is 5.91 Å². The van der Waals surface area contributed by atoms with Gasteiger partial charge in [0.1, 0.15) is 12.3 Å². The van der Waals surface area contributed by atoms with Crippen molar-refractivity contribution in [3.63, 3.8) is 0 Å². The summed E-state index contributed by atoms with van der Waals surface area (Å²) in [5.41, 5.74) is 1.02. The number of hydrogen-bond acceptors (Lipinski definition) is 5. The standard InChI is InChI=1S/C18H16ClN3O5/c1-20(9-12-3-2-4-14(7-12)22(25)26)17(23)10-21-15-8-13(19)5-6-16(15)27-11-18(21)24/h2-8H,9-11H2,1H3. The Hall–Kier alpha value is -3.13. The summed E-state index contributed by atoms with van der Waals surface area (Å²) in [5, 5.41) is 11.3. The van der Waals surface area contributed by atoms with E-state index in [2.05, 4.69) is 0 Å². The molecule has 2 amide bonds. The molecule has 0 fully saturated rings. The summed E-state index contributed by atoms with van der Waals surface area (Å²) in [5.74, 6) is -0.183. The minimum atomic E-state index is -0.488. The number of nitro groups is 1. The van der Waals surface area contributed by atoms with E-state index in [1.54, 1.807) is 37.4 Å². The highest BCUT2D eigenvalue weighted by atomic mass is 35.5. The van der Waals surface area contributed by atoms with E-state index in [1.165, 1.54) is 21.9 Å². The van der Waals surface area contributed by atoms with E-state index in [0.717, 1.165) is 0 Å². The van der Waals surface area contributed by atoms with Crippen LogP contribution in [0.2, 0.25) is 5.02 Å². The van der Waals surface area contributed by atoms with Crippen molar-refractivity contribution < 1.29 is 19.2 Å². The van der Waals surface area contributed by atoms with Crippen LogP contribution in [0.1, 0.15) is 5.56 Å². The van der Waals surface area contributed by atoms with Gasteiger partial charge in [-0.15, -0.1) is 0 Å². The number of halogens is 1. The lowest BCUT2D eigenvalue weighted by Gasteiger charge is -2.30. The molecule has 0 aromatic heterocycles. The zero-order valence-electron chi connectivity index (χ0n) is 14.4. The van der Waals surface area contributed by atoms with Gasteiger partial charge < -0.3 is 9.64 Å². The first-order valence-corrected chi connectivity index (χ1v) is 8.43. The van der Waals surface area contributed by atoms with Crippen LogP contribution in [0.25, 0.3) is 0 Å². The summed E-state index contributed by atoms with van der Waals surface area (Å²) >= 11 is 5.99. The molecule has 140 valence electrons. The molecule has 27 heavy (non-hydrogen) atoms. The predicted molar refractivity (Wildman–Crippen MR) is 98.9 cm³/mol. The number of ether oxygens (including phenoxy) is 1. The average Bonchev–Trinajstić information content (AvgIpc) is 2.64. The van der Waals surface area contributed by atoms with Gasteiger partial charge in [-0.3, -0.25) is 24.6 Å². The van der Waals surface area contributed by atoms with E-state index in [0.29, 0.717) is 22.0 Å². The van der Waals surface area contributed by atoms with Crippen LogP contribution in [0.5, 0.6) is 5.75 Å². The van der Waals surface area contributed by atoms with Crippen molar-refractivity contribution in [3.8, 4) is 5.75 Å². The molecule has 0 N–H and O–H groups in total. The Morgan fingerprint density at radius 1 is 1.33 bits per heavy atom. The van der Waals surface area contributed by atoms with Crippen LogP contribution < -0.4 is 9.64 Å². The molecule has 0 saturated carbocycles. The van der Waals surface area contributed by atoms with Gasteiger partial charge in [-0.25, -0.2) is 0 Å². The lowest BCUT2D eigenvalue weighted by molar-refractivity contribution is -0.384. The van der Waals surface area contributed by atoms with Crippen molar-refractivity contribution in [2.45, 2.75) is 6.54 Å². The second-order valence-corrected chi connectivity index (χ2v) is 6.49. The number of fused-ring (bicyclic) bond motifs is 1. The lowest BCUT2D eigenvalue weighted by atomic mass is 10.2. The Balaban J connectivity index is 1.73. The Morgan fingerprint density at radius 2 is 2.11 bits per heavy atom. The molecule has 3 rings (SSSR count). The molecule has 0 bridgehead atoms. The summed E-state index contributed by atoms with van der Waals surface area (Å²) in [6, 6.07) is 10.9. The fourth-order valence-corrected chi connectivity index (χ4v) is 2.90. The van der Waals surface area contributed by atoms with Gasteiger partial charge in [-0.05, 0) is 23.8 Å². The third-order valence-corrected chi connectivity index (χ3v) is 4.36. The molecule has 1 heterocycles. The number of carbonyl (C=O) groups is 2. The number of nitro benzene ring substituents is 1. The van der Waals surface area contributed by atoms with Crippen LogP contribution in [0.15, 0.2) is 42.5 Å². The molecular weight excluding hydrogens is 374 g/mol. The van der Waals surface area contributed by atoms with E-state index < -0.39 is 4.92 Å². The SMILES string of the molecule is CN(Cc1cccc([N+](=O)[O-])c1)C(=O)CN1C(=O)COc2ccc(Cl)cc21. The summed E-state index contributed by atoms with van der Waals surface area (Å²) in [6.45, 7) is -0.154. The molecule has 1 aliphatic rings. The number of amides is 2. The van der Waals surface area contributed by atoms with Crippen LogP contribution in [-0.2, 0) is 16.1 Å². The topological polar surface area (TPSA) is 93.0 Å². The highest BCUT2D eigenvalue weighted by molar-refractivity contribution is 6.31. The van der Waals surface area contributed by atoms with Crippen LogP contribution >= 0.6 is 11.6 Å². The molecule has 8 nitrogen and oxygen atoms in total. The number of likely N-dealkylation sites (N-methyl/N-ethyl adjacent to an activating group) is 1. The van der Waals surface area contributed by atoms with Crippen molar-refractivity contribution >= 4 is 34.8 Å². The summed E-state index contributed by atoms with van der Waals surface area (Å²) in [4.78, 5) is 37.9. The highest BCUT2D eigenvalue weighted by Gasteiger charge is 2.28. The monoisotopic (exact) mass is 389 g/mol. The molecule has 9 heteroatoms. The number of benzene rings is 2. The molecule has 0 atom stereocenters. The predicted octanol–water partition coefficient (Wildman–Crippen LogP) is 2.63. The fourth-order valence-electron chi connectivity index (χ4n) is 2.74. The van der Waals surface area contributed by atoms with Crippen molar-refractivity contribution in [2.75, 3.05) is 25.1 Å².